The Morgan fingerprint density at radius 3 is 2.29 bits per heavy atom. The summed E-state index contributed by atoms with van der Waals surface area (Å²) >= 11 is 0. The Morgan fingerprint density at radius 1 is 1.06 bits per heavy atom. The van der Waals surface area contributed by atoms with Crippen LogP contribution in [0.2, 0.25) is 0 Å². The maximum absolute atomic E-state index is 12.7. The molecule has 0 amide bonds. The highest BCUT2D eigenvalue weighted by Crippen LogP contribution is 2.21. The Hall–Kier alpha value is -1.79. The minimum atomic E-state index is -4.28. The van der Waals surface area contributed by atoms with Gasteiger partial charge in [0, 0.05) is 18.0 Å². The number of hydrogen-bond donors (Lipinski definition) is 1. The van der Waals surface area contributed by atoms with Gasteiger partial charge in [-0.15, -0.1) is 0 Å². The molecule has 17 heavy (non-hydrogen) atoms. The van der Waals surface area contributed by atoms with Gasteiger partial charge < -0.3 is 0 Å². The van der Waals surface area contributed by atoms with E-state index in [0.29, 0.717) is 11.1 Å². The Kier molecular flexibility index (Phi) is 2.91. The van der Waals surface area contributed by atoms with Crippen molar-refractivity contribution in [1.29, 1.82) is 0 Å². The van der Waals surface area contributed by atoms with E-state index in [4.69, 9.17) is 4.55 Å². The van der Waals surface area contributed by atoms with Gasteiger partial charge in [0.2, 0.25) is 0 Å². The lowest BCUT2D eigenvalue weighted by atomic mass is 10.1. The fourth-order valence-electron chi connectivity index (χ4n) is 1.36. The van der Waals surface area contributed by atoms with Crippen molar-refractivity contribution in [2.75, 3.05) is 0 Å². The molecular weight excluding hydrogens is 245 g/mol. The number of nitrogens with zero attached hydrogens (tertiary/aromatic N) is 1. The molecule has 0 fully saturated rings. The van der Waals surface area contributed by atoms with Gasteiger partial charge >= 0.3 is 0 Å². The van der Waals surface area contributed by atoms with Crippen molar-refractivity contribution >= 4 is 10.1 Å². The normalized spacial score (nSPS) is 11.4. The Bertz CT molecular complexity index is 638. The summed E-state index contributed by atoms with van der Waals surface area (Å²) in [6, 6.07) is 6.79. The van der Waals surface area contributed by atoms with Crippen molar-refractivity contribution < 1.29 is 17.4 Å². The minimum absolute atomic E-state index is 0.292. The topological polar surface area (TPSA) is 67.3 Å². The smallest absolute Gasteiger partial charge is 0.282 e. The fourth-order valence-corrected chi connectivity index (χ4v) is 1.83. The van der Waals surface area contributed by atoms with Gasteiger partial charge in [0.05, 0.1) is 0 Å². The quantitative estimate of drug-likeness (QED) is 0.832. The Morgan fingerprint density at radius 2 is 1.71 bits per heavy atom. The molecule has 6 heteroatoms. The molecule has 0 atom stereocenters. The molecular formula is C11H8FNO3S. The molecule has 1 N–H and O–H groups in total. The molecule has 0 aliphatic heterocycles. The van der Waals surface area contributed by atoms with Crippen LogP contribution in [0.15, 0.2) is 47.6 Å². The predicted molar refractivity (Wildman–Crippen MR) is 59.4 cm³/mol. The molecule has 2 rings (SSSR count). The zero-order valence-corrected chi connectivity index (χ0v) is 9.36. The summed E-state index contributed by atoms with van der Waals surface area (Å²) in [6.07, 6.45) is 2.48. The van der Waals surface area contributed by atoms with E-state index in [1.54, 1.807) is 0 Å². The molecule has 88 valence electrons. The summed E-state index contributed by atoms with van der Waals surface area (Å²) in [7, 11) is -4.28. The largest absolute Gasteiger partial charge is 0.296 e. The summed E-state index contributed by atoms with van der Waals surface area (Å²) in [5, 5.41) is 0. The van der Waals surface area contributed by atoms with Crippen molar-refractivity contribution in [3.05, 3.63) is 48.5 Å². The maximum Gasteiger partial charge on any atom is 0.296 e. The van der Waals surface area contributed by atoms with Crippen LogP contribution in [0.1, 0.15) is 0 Å². The number of pyridine rings is 1. The van der Waals surface area contributed by atoms with E-state index in [0.717, 1.165) is 6.20 Å². The van der Waals surface area contributed by atoms with Gasteiger partial charge in [0.25, 0.3) is 10.1 Å². The molecule has 0 bridgehead atoms. The first-order chi connectivity index (χ1) is 7.97. The van der Waals surface area contributed by atoms with Crippen LogP contribution in [-0.2, 0) is 10.1 Å². The van der Waals surface area contributed by atoms with Crippen LogP contribution in [0.4, 0.5) is 4.39 Å². The molecule has 1 heterocycles. The van der Waals surface area contributed by atoms with Crippen molar-refractivity contribution in [3.8, 4) is 11.1 Å². The highest BCUT2D eigenvalue weighted by Gasteiger charge is 2.11. The van der Waals surface area contributed by atoms with Crippen LogP contribution in [-0.4, -0.2) is 18.0 Å². The van der Waals surface area contributed by atoms with Gasteiger partial charge in [-0.2, -0.15) is 8.42 Å². The van der Waals surface area contributed by atoms with Crippen LogP contribution in [0.25, 0.3) is 11.1 Å². The van der Waals surface area contributed by atoms with Crippen LogP contribution in [0, 0.1) is 5.82 Å². The highest BCUT2D eigenvalue weighted by atomic mass is 32.2. The first kappa shape index (κ1) is 11.7. The molecule has 0 aliphatic rings. The lowest BCUT2D eigenvalue weighted by Gasteiger charge is -2.02. The van der Waals surface area contributed by atoms with Crippen molar-refractivity contribution in [2.24, 2.45) is 0 Å². The monoisotopic (exact) mass is 253 g/mol. The summed E-state index contributed by atoms with van der Waals surface area (Å²) in [5.74, 6) is -0.382. The first-order valence-corrected chi connectivity index (χ1v) is 6.09. The van der Waals surface area contributed by atoms with Crippen LogP contribution in [0.5, 0.6) is 0 Å². The fraction of sp³-hybridized carbons (Fsp3) is 0. The van der Waals surface area contributed by atoms with E-state index in [2.05, 4.69) is 4.98 Å². The standard InChI is InChI=1S/C11H8FNO3S/c12-10-3-1-8(2-4-10)9-5-11(7-13-6-9)17(14,15)16/h1-7H,(H,14,15,16). The number of halogens is 1. The predicted octanol–water partition coefficient (Wildman–Crippen LogP) is 2.13. The molecule has 0 saturated heterocycles. The average molecular weight is 253 g/mol. The van der Waals surface area contributed by atoms with Crippen molar-refractivity contribution in [3.63, 3.8) is 0 Å². The van der Waals surface area contributed by atoms with Crippen molar-refractivity contribution in [1.82, 2.24) is 4.98 Å². The third-order valence-corrected chi connectivity index (χ3v) is 3.01. The van der Waals surface area contributed by atoms with E-state index in [1.165, 1.54) is 36.5 Å². The second kappa shape index (κ2) is 4.23. The molecule has 0 spiro atoms. The number of hydrogen-bond acceptors (Lipinski definition) is 3. The molecule has 0 aliphatic carbocycles. The molecule has 0 radical (unpaired) electrons. The summed E-state index contributed by atoms with van der Waals surface area (Å²) in [4.78, 5) is 3.42. The summed E-state index contributed by atoms with van der Waals surface area (Å²) < 4.78 is 43.4. The van der Waals surface area contributed by atoms with E-state index >= 15 is 0 Å². The van der Waals surface area contributed by atoms with Crippen LogP contribution < -0.4 is 0 Å². The third-order valence-electron chi connectivity index (χ3n) is 2.19. The molecule has 0 saturated carbocycles. The van der Waals surface area contributed by atoms with Gasteiger partial charge in [-0.25, -0.2) is 4.39 Å². The Balaban J connectivity index is 2.50. The molecule has 4 nitrogen and oxygen atoms in total. The molecule has 0 unspecified atom stereocenters. The number of benzene rings is 1. The van der Waals surface area contributed by atoms with Gasteiger partial charge in [-0.1, -0.05) is 12.1 Å². The second-order valence-corrected chi connectivity index (χ2v) is 4.81. The van der Waals surface area contributed by atoms with E-state index in [1.807, 2.05) is 0 Å². The zero-order chi connectivity index (χ0) is 12.5. The Labute approximate surface area is 97.5 Å². The van der Waals surface area contributed by atoms with Gasteiger partial charge in [-0.05, 0) is 23.8 Å². The zero-order valence-electron chi connectivity index (χ0n) is 8.54. The van der Waals surface area contributed by atoms with E-state index in [9.17, 15) is 12.8 Å². The lowest BCUT2D eigenvalue weighted by molar-refractivity contribution is 0.483. The first-order valence-electron chi connectivity index (χ1n) is 4.65. The molecule has 1 aromatic heterocycles. The summed E-state index contributed by atoms with van der Waals surface area (Å²) in [6.45, 7) is 0. The molecule has 2 aromatic rings. The lowest BCUT2D eigenvalue weighted by Crippen LogP contribution is -1.98. The van der Waals surface area contributed by atoms with Gasteiger partial charge in [0.1, 0.15) is 10.7 Å². The van der Waals surface area contributed by atoms with Crippen molar-refractivity contribution in [2.45, 2.75) is 4.90 Å². The highest BCUT2D eigenvalue weighted by molar-refractivity contribution is 7.85. The summed E-state index contributed by atoms with van der Waals surface area (Å²) in [5.41, 5.74) is 1.10. The third kappa shape index (κ3) is 2.66. The second-order valence-electron chi connectivity index (χ2n) is 3.39. The SMILES string of the molecule is O=S(=O)(O)c1cncc(-c2ccc(F)cc2)c1. The number of aromatic nitrogens is 1. The van der Waals surface area contributed by atoms with Crippen LogP contribution in [0.3, 0.4) is 0 Å². The van der Waals surface area contributed by atoms with Gasteiger partial charge in [-0.3, -0.25) is 9.54 Å². The molecule has 1 aromatic carbocycles. The van der Waals surface area contributed by atoms with E-state index in [-0.39, 0.29) is 10.7 Å². The minimum Gasteiger partial charge on any atom is -0.282 e. The van der Waals surface area contributed by atoms with E-state index < -0.39 is 10.1 Å². The average Bonchev–Trinajstić information content (AvgIpc) is 2.29. The number of rotatable bonds is 2. The maximum atomic E-state index is 12.7. The van der Waals surface area contributed by atoms with Crippen LogP contribution >= 0.6 is 0 Å². The van der Waals surface area contributed by atoms with Gasteiger partial charge in [0.15, 0.2) is 0 Å².